The van der Waals surface area contributed by atoms with Crippen LogP contribution in [-0.2, 0) is 0 Å². The van der Waals surface area contributed by atoms with Crippen LogP contribution in [0.4, 0.5) is 0 Å². The summed E-state index contributed by atoms with van der Waals surface area (Å²) in [5, 5.41) is 37.4. The predicted octanol–water partition coefficient (Wildman–Crippen LogP) is 3.43. The van der Waals surface area contributed by atoms with E-state index >= 15 is 0 Å². The summed E-state index contributed by atoms with van der Waals surface area (Å²) < 4.78 is 0. The molecule has 1 aromatic carbocycles. The summed E-state index contributed by atoms with van der Waals surface area (Å²) in [5.74, 6) is -0.230. The maximum absolute atomic E-state index is 9.69. The number of nitrogens with zero attached hydrogens (tertiary/aromatic N) is 2. The molecule has 0 spiro atoms. The molecule has 1 fully saturated rings. The molecule has 1 saturated carbocycles. The van der Waals surface area contributed by atoms with E-state index in [2.05, 4.69) is 0 Å². The van der Waals surface area contributed by atoms with Crippen LogP contribution in [0.2, 0.25) is 0 Å². The molecule has 2 N–H and O–H groups in total. The van der Waals surface area contributed by atoms with Gasteiger partial charge in [-0.25, -0.2) is 0 Å². The molecule has 0 aromatic heterocycles. The number of rotatable bonds is 3. The molecule has 20 heavy (non-hydrogen) atoms. The zero-order chi connectivity index (χ0) is 14.5. The third-order valence-corrected chi connectivity index (χ3v) is 3.78. The number of phenols is 2. The topological polar surface area (TPSA) is 88.0 Å². The predicted molar refractivity (Wildman–Crippen MR) is 74.8 cm³/mol. The van der Waals surface area contributed by atoms with E-state index in [4.69, 9.17) is 10.5 Å². The lowest BCUT2D eigenvalue weighted by molar-refractivity contribution is 0.402. The largest absolute Gasteiger partial charge is 0.504 e. The summed E-state index contributed by atoms with van der Waals surface area (Å²) in [5.41, 5.74) is 0.520. The van der Waals surface area contributed by atoms with Crippen LogP contribution in [0.15, 0.2) is 12.1 Å². The summed E-state index contributed by atoms with van der Waals surface area (Å²) in [4.78, 5) is 0. The standard InChI is InChI=1S/C16H16N2O2/c17-9-12-8-15(19)16(20)14(10-18)13(12)7-3-6-11-4-1-2-5-11/h3,7-8,11,19-20H,1-2,4-6H2. The van der Waals surface area contributed by atoms with Gasteiger partial charge in [0.1, 0.15) is 11.6 Å². The highest BCUT2D eigenvalue weighted by Gasteiger charge is 2.16. The van der Waals surface area contributed by atoms with Crippen LogP contribution in [0.1, 0.15) is 48.8 Å². The number of aromatic hydroxyl groups is 2. The number of hydrogen-bond donors (Lipinski definition) is 2. The Morgan fingerprint density at radius 3 is 2.50 bits per heavy atom. The van der Waals surface area contributed by atoms with Gasteiger partial charge in [0.2, 0.25) is 0 Å². The summed E-state index contributed by atoms with van der Waals surface area (Å²) in [6.45, 7) is 0. The highest BCUT2D eigenvalue weighted by Crippen LogP contribution is 2.34. The fraction of sp³-hybridized carbons (Fsp3) is 0.375. The Balaban J connectivity index is 2.30. The Kier molecular flexibility index (Phi) is 4.27. The summed E-state index contributed by atoms with van der Waals surface area (Å²) in [6, 6.07) is 4.97. The second kappa shape index (κ2) is 6.12. The smallest absolute Gasteiger partial charge is 0.176 e. The lowest BCUT2D eigenvalue weighted by Crippen LogP contribution is -1.92. The lowest BCUT2D eigenvalue weighted by Gasteiger charge is -2.07. The van der Waals surface area contributed by atoms with E-state index in [0.29, 0.717) is 11.5 Å². The van der Waals surface area contributed by atoms with Crippen LogP contribution in [0, 0.1) is 28.6 Å². The van der Waals surface area contributed by atoms with E-state index in [9.17, 15) is 10.2 Å². The second-order valence-electron chi connectivity index (χ2n) is 5.09. The molecular formula is C16H16N2O2. The van der Waals surface area contributed by atoms with Gasteiger partial charge in [-0.15, -0.1) is 0 Å². The summed E-state index contributed by atoms with van der Waals surface area (Å²) in [6.07, 6.45) is 9.55. The van der Waals surface area contributed by atoms with Gasteiger partial charge in [-0.2, -0.15) is 10.5 Å². The molecule has 1 aliphatic carbocycles. The van der Waals surface area contributed by atoms with Gasteiger partial charge in [-0.05, 0) is 12.3 Å². The van der Waals surface area contributed by atoms with Crippen molar-refractivity contribution < 1.29 is 10.2 Å². The Morgan fingerprint density at radius 2 is 1.90 bits per heavy atom. The third-order valence-electron chi connectivity index (χ3n) is 3.78. The molecule has 0 bridgehead atoms. The number of allylic oxidation sites excluding steroid dienone is 1. The van der Waals surface area contributed by atoms with Crippen molar-refractivity contribution in [2.75, 3.05) is 0 Å². The quantitative estimate of drug-likeness (QED) is 0.822. The number of benzene rings is 1. The number of phenolic OH excluding ortho intramolecular Hbond substituents is 2. The molecule has 102 valence electrons. The molecule has 0 amide bonds. The SMILES string of the molecule is N#Cc1cc(O)c(O)c(C#N)c1C=CCC1CCCC1. The first-order valence-electron chi connectivity index (χ1n) is 6.73. The molecule has 0 aliphatic heterocycles. The van der Waals surface area contributed by atoms with Crippen LogP contribution < -0.4 is 0 Å². The molecule has 4 nitrogen and oxygen atoms in total. The minimum atomic E-state index is -0.466. The first-order chi connectivity index (χ1) is 9.67. The molecule has 2 rings (SSSR count). The fourth-order valence-corrected chi connectivity index (χ4v) is 2.68. The Labute approximate surface area is 118 Å². The van der Waals surface area contributed by atoms with Crippen molar-refractivity contribution in [2.24, 2.45) is 5.92 Å². The van der Waals surface area contributed by atoms with Crippen molar-refractivity contribution >= 4 is 6.08 Å². The van der Waals surface area contributed by atoms with E-state index in [1.54, 1.807) is 6.08 Å². The van der Waals surface area contributed by atoms with Crippen molar-refractivity contribution in [3.63, 3.8) is 0 Å². The normalized spacial score (nSPS) is 15.3. The van der Waals surface area contributed by atoms with E-state index in [1.807, 2.05) is 18.2 Å². The first-order valence-corrected chi connectivity index (χ1v) is 6.73. The maximum Gasteiger partial charge on any atom is 0.176 e. The molecule has 1 aromatic rings. The maximum atomic E-state index is 9.69. The van der Waals surface area contributed by atoms with E-state index in [1.165, 1.54) is 31.7 Å². The van der Waals surface area contributed by atoms with Crippen LogP contribution in [0.3, 0.4) is 0 Å². The first kappa shape index (κ1) is 14.0. The van der Waals surface area contributed by atoms with Crippen molar-refractivity contribution in [2.45, 2.75) is 32.1 Å². The van der Waals surface area contributed by atoms with Crippen molar-refractivity contribution in [3.8, 4) is 23.6 Å². The number of nitriles is 2. The van der Waals surface area contributed by atoms with E-state index < -0.39 is 11.5 Å². The van der Waals surface area contributed by atoms with Gasteiger partial charge in [-0.1, -0.05) is 37.8 Å². The minimum Gasteiger partial charge on any atom is -0.504 e. The zero-order valence-electron chi connectivity index (χ0n) is 11.1. The van der Waals surface area contributed by atoms with E-state index in [-0.39, 0.29) is 11.1 Å². The Morgan fingerprint density at radius 1 is 1.20 bits per heavy atom. The molecule has 0 radical (unpaired) electrons. The second-order valence-corrected chi connectivity index (χ2v) is 5.09. The molecular weight excluding hydrogens is 252 g/mol. The van der Waals surface area contributed by atoms with Crippen molar-refractivity contribution in [1.29, 1.82) is 10.5 Å². The van der Waals surface area contributed by atoms with Crippen LogP contribution in [0.25, 0.3) is 6.08 Å². The molecule has 1 aliphatic rings. The van der Waals surface area contributed by atoms with Gasteiger partial charge in [0, 0.05) is 11.6 Å². The van der Waals surface area contributed by atoms with E-state index in [0.717, 1.165) is 6.42 Å². The van der Waals surface area contributed by atoms with Crippen LogP contribution >= 0.6 is 0 Å². The highest BCUT2D eigenvalue weighted by molar-refractivity contribution is 5.71. The molecule has 4 heteroatoms. The Hall–Kier alpha value is -2.46. The molecule has 0 atom stereocenters. The monoisotopic (exact) mass is 268 g/mol. The highest BCUT2D eigenvalue weighted by atomic mass is 16.3. The van der Waals surface area contributed by atoms with Gasteiger partial charge < -0.3 is 10.2 Å². The lowest BCUT2D eigenvalue weighted by atomic mass is 9.98. The van der Waals surface area contributed by atoms with Crippen molar-refractivity contribution in [1.82, 2.24) is 0 Å². The summed E-state index contributed by atoms with van der Waals surface area (Å²) >= 11 is 0. The van der Waals surface area contributed by atoms with Gasteiger partial charge >= 0.3 is 0 Å². The van der Waals surface area contributed by atoms with Gasteiger partial charge in [0.25, 0.3) is 0 Å². The summed E-state index contributed by atoms with van der Waals surface area (Å²) in [7, 11) is 0. The molecule has 0 unspecified atom stereocenters. The number of hydrogen-bond acceptors (Lipinski definition) is 4. The third kappa shape index (κ3) is 2.75. The molecule has 0 saturated heterocycles. The van der Waals surface area contributed by atoms with Crippen molar-refractivity contribution in [3.05, 3.63) is 28.8 Å². The van der Waals surface area contributed by atoms with Gasteiger partial charge in [-0.3, -0.25) is 0 Å². The van der Waals surface area contributed by atoms with Crippen LogP contribution in [0.5, 0.6) is 11.5 Å². The zero-order valence-corrected chi connectivity index (χ0v) is 11.1. The van der Waals surface area contributed by atoms with Gasteiger partial charge in [0.05, 0.1) is 11.6 Å². The Bertz CT molecular complexity index is 615. The average Bonchev–Trinajstić information content (AvgIpc) is 2.96. The molecule has 0 heterocycles. The average molecular weight is 268 g/mol. The van der Waals surface area contributed by atoms with Gasteiger partial charge in [0.15, 0.2) is 11.5 Å². The minimum absolute atomic E-state index is 0.0516. The fourth-order valence-electron chi connectivity index (χ4n) is 2.68. The van der Waals surface area contributed by atoms with Crippen LogP contribution in [-0.4, -0.2) is 10.2 Å².